The summed E-state index contributed by atoms with van der Waals surface area (Å²) >= 11 is 3.37. The fourth-order valence-electron chi connectivity index (χ4n) is 1.87. The van der Waals surface area contributed by atoms with Gasteiger partial charge in [-0.3, -0.25) is 4.98 Å². The maximum atomic E-state index is 10.9. The number of fused-ring (bicyclic) bond motifs is 1. The van der Waals surface area contributed by atoms with Crippen molar-refractivity contribution < 1.29 is 9.90 Å². The molecule has 0 aliphatic carbocycles. The second-order valence-electron chi connectivity index (χ2n) is 3.95. The van der Waals surface area contributed by atoms with Crippen LogP contribution in [0.15, 0.2) is 47.2 Å². The molecule has 0 spiro atoms. The van der Waals surface area contributed by atoms with Crippen LogP contribution in [0.25, 0.3) is 16.6 Å². The molecule has 0 aliphatic heterocycles. The molecule has 0 bridgehead atoms. The average Bonchev–Trinajstić information content (AvgIpc) is 2.87. The number of aromatic nitrogens is 3. The predicted molar refractivity (Wildman–Crippen MR) is 73.5 cm³/mol. The third-order valence-electron chi connectivity index (χ3n) is 2.71. The largest absolute Gasteiger partial charge is 0.476 e. The van der Waals surface area contributed by atoms with Gasteiger partial charge >= 0.3 is 5.97 Å². The first-order valence-electron chi connectivity index (χ1n) is 5.49. The number of carboxylic acids is 1. The molecule has 6 heteroatoms. The zero-order valence-electron chi connectivity index (χ0n) is 9.62. The molecule has 0 saturated carbocycles. The van der Waals surface area contributed by atoms with Gasteiger partial charge < -0.3 is 5.11 Å². The quantitative estimate of drug-likeness (QED) is 0.789. The number of halogens is 1. The summed E-state index contributed by atoms with van der Waals surface area (Å²) in [7, 11) is 0. The minimum Gasteiger partial charge on any atom is -0.476 e. The number of rotatable bonds is 2. The molecule has 3 rings (SSSR count). The Hall–Kier alpha value is -2.21. The van der Waals surface area contributed by atoms with E-state index in [0.717, 1.165) is 21.1 Å². The van der Waals surface area contributed by atoms with Gasteiger partial charge in [0.05, 0.1) is 11.2 Å². The van der Waals surface area contributed by atoms with Crippen LogP contribution >= 0.6 is 15.9 Å². The van der Waals surface area contributed by atoms with E-state index < -0.39 is 5.97 Å². The molecule has 1 N–H and O–H groups in total. The average molecular weight is 318 g/mol. The second-order valence-corrected chi connectivity index (χ2v) is 4.87. The van der Waals surface area contributed by atoms with Crippen LogP contribution in [0.4, 0.5) is 0 Å². The zero-order valence-corrected chi connectivity index (χ0v) is 11.2. The monoisotopic (exact) mass is 317 g/mol. The minimum atomic E-state index is -1.05. The van der Waals surface area contributed by atoms with Crippen molar-refractivity contribution >= 4 is 32.8 Å². The van der Waals surface area contributed by atoms with Gasteiger partial charge in [0.15, 0.2) is 5.69 Å². The molecule has 0 unspecified atom stereocenters. The van der Waals surface area contributed by atoms with Crippen molar-refractivity contribution in [2.45, 2.75) is 0 Å². The number of carbonyl (C=O) groups is 1. The SMILES string of the molecule is O=C(O)c1ccn(-c2cccc3cc(Br)cnc23)n1. The molecule has 0 radical (unpaired) electrons. The van der Waals surface area contributed by atoms with Gasteiger partial charge in [0.1, 0.15) is 0 Å². The Morgan fingerprint density at radius 1 is 1.32 bits per heavy atom. The number of hydrogen-bond acceptors (Lipinski definition) is 3. The molecule has 0 amide bonds. The lowest BCUT2D eigenvalue weighted by molar-refractivity contribution is 0.0690. The Balaban J connectivity index is 2.21. The smallest absolute Gasteiger partial charge is 0.356 e. The first kappa shape index (κ1) is 11.9. The van der Waals surface area contributed by atoms with E-state index in [0.29, 0.717) is 0 Å². The number of aromatic carboxylic acids is 1. The fourth-order valence-corrected chi connectivity index (χ4v) is 2.22. The molecule has 94 valence electrons. The molecule has 0 atom stereocenters. The molecular formula is C13H8BrN3O2. The van der Waals surface area contributed by atoms with E-state index in [2.05, 4.69) is 26.0 Å². The highest BCUT2D eigenvalue weighted by Crippen LogP contribution is 2.22. The van der Waals surface area contributed by atoms with Gasteiger partial charge in [0.25, 0.3) is 0 Å². The van der Waals surface area contributed by atoms with Gasteiger partial charge in [-0.1, -0.05) is 12.1 Å². The minimum absolute atomic E-state index is 0.00844. The van der Waals surface area contributed by atoms with Gasteiger partial charge in [-0.15, -0.1) is 0 Å². The summed E-state index contributed by atoms with van der Waals surface area (Å²) in [4.78, 5) is 15.2. The zero-order chi connectivity index (χ0) is 13.4. The van der Waals surface area contributed by atoms with Crippen LogP contribution < -0.4 is 0 Å². The molecule has 19 heavy (non-hydrogen) atoms. The summed E-state index contributed by atoms with van der Waals surface area (Å²) in [6.07, 6.45) is 3.31. The van der Waals surface area contributed by atoms with Gasteiger partial charge in [0, 0.05) is 22.3 Å². The van der Waals surface area contributed by atoms with E-state index in [1.807, 2.05) is 24.3 Å². The molecule has 0 fully saturated rings. The lowest BCUT2D eigenvalue weighted by Gasteiger charge is -2.05. The summed E-state index contributed by atoms with van der Waals surface area (Å²) in [5.74, 6) is -1.05. The lowest BCUT2D eigenvalue weighted by Crippen LogP contribution is -2.01. The van der Waals surface area contributed by atoms with Crippen molar-refractivity contribution in [3.63, 3.8) is 0 Å². The molecule has 5 nitrogen and oxygen atoms in total. The number of nitrogens with zero attached hydrogens (tertiary/aromatic N) is 3. The summed E-state index contributed by atoms with van der Waals surface area (Å²) < 4.78 is 2.41. The highest BCUT2D eigenvalue weighted by molar-refractivity contribution is 9.10. The Morgan fingerprint density at radius 3 is 2.89 bits per heavy atom. The lowest BCUT2D eigenvalue weighted by atomic mass is 10.2. The molecule has 1 aromatic carbocycles. The topological polar surface area (TPSA) is 68.0 Å². The van der Waals surface area contributed by atoms with Crippen LogP contribution in [0.3, 0.4) is 0 Å². The van der Waals surface area contributed by atoms with E-state index in [-0.39, 0.29) is 5.69 Å². The van der Waals surface area contributed by atoms with Crippen LogP contribution in [0.1, 0.15) is 10.5 Å². The van der Waals surface area contributed by atoms with E-state index in [9.17, 15) is 4.79 Å². The molecular weight excluding hydrogens is 310 g/mol. The van der Waals surface area contributed by atoms with Crippen LogP contribution in [0.2, 0.25) is 0 Å². The van der Waals surface area contributed by atoms with Crippen molar-refractivity contribution in [1.82, 2.24) is 14.8 Å². The van der Waals surface area contributed by atoms with Crippen LogP contribution in [-0.2, 0) is 0 Å². The normalized spacial score (nSPS) is 10.8. The van der Waals surface area contributed by atoms with E-state index in [4.69, 9.17) is 5.11 Å². The first-order valence-corrected chi connectivity index (χ1v) is 6.28. The number of hydrogen-bond donors (Lipinski definition) is 1. The molecule has 0 saturated heterocycles. The summed E-state index contributed by atoms with van der Waals surface area (Å²) in [6, 6.07) is 9.08. The summed E-state index contributed by atoms with van der Waals surface area (Å²) in [6.45, 7) is 0. The number of benzene rings is 1. The summed E-state index contributed by atoms with van der Waals surface area (Å²) in [5.41, 5.74) is 1.53. The third-order valence-corrected chi connectivity index (χ3v) is 3.14. The maximum absolute atomic E-state index is 10.9. The van der Waals surface area contributed by atoms with E-state index >= 15 is 0 Å². The van der Waals surface area contributed by atoms with Gasteiger partial charge in [-0.25, -0.2) is 9.48 Å². The van der Waals surface area contributed by atoms with Gasteiger partial charge in [-0.05, 0) is 34.1 Å². The van der Waals surface area contributed by atoms with Crippen molar-refractivity contribution in [1.29, 1.82) is 0 Å². The highest BCUT2D eigenvalue weighted by atomic mass is 79.9. The highest BCUT2D eigenvalue weighted by Gasteiger charge is 2.10. The molecule has 3 aromatic rings. The van der Waals surface area contributed by atoms with Gasteiger partial charge in [-0.2, -0.15) is 5.10 Å². The number of para-hydroxylation sites is 1. The number of carboxylic acid groups (broad SMARTS) is 1. The van der Waals surface area contributed by atoms with Crippen LogP contribution in [0.5, 0.6) is 0 Å². The second kappa shape index (κ2) is 4.47. The van der Waals surface area contributed by atoms with Crippen molar-refractivity contribution in [3.05, 3.63) is 52.9 Å². The van der Waals surface area contributed by atoms with Crippen molar-refractivity contribution in [2.24, 2.45) is 0 Å². The van der Waals surface area contributed by atoms with E-state index in [1.165, 1.54) is 10.7 Å². The van der Waals surface area contributed by atoms with Gasteiger partial charge in [0.2, 0.25) is 0 Å². The fraction of sp³-hybridized carbons (Fsp3) is 0. The maximum Gasteiger partial charge on any atom is 0.356 e. The Morgan fingerprint density at radius 2 is 2.16 bits per heavy atom. The number of pyridine rings is 1. The Bertz CT molecular complexity index is 782. The van der Waals surface area contributed by atoms with E-state index in [1.54, 1.807) is 12.4 Å². The molecule has 0 aliphatic rings. The third kappa shape index (κ3) is 2.10. The Labute approximate surface area is 116 Å². The Kier molecular flexibility index (Phi) is 2.79. The molecule has 2 aromatic heterocycles. The molecule has 2 heterocycles. The standard InChI is InChI=1S/C13H8BrN3O2/c14-9-6-8-2-1-3-11(12(8)15-7-9)17-5-4-10(16-17)13(18)19/h1-7H,(H,18,19). The van der Waals surface area contributed by atoms with Crippen molar-refractivity contribution in [3.8, 4) is 5.69 Å². The van der Waals surface area contributed by atoms with Crippen molar-refractivity contribution in [2.75, 3.05) is 0 Å². The van der Waals surface area contributed by atoms with Crippen LogP contribution in [-0.4, -0.2) is 25.8 Å². The predicted octanol–water partition coefficient (Wildman–Crippen LogP) is 2.88. The van der Waals surface area contributed by atoms with Crippen LogP contribution in [0, 0.1) is 0 Å². The summed E-state index contributed by atoms with van der Waals surface area (Å²) in [5, 5.41) is 13.9. The first-order chi connectivity index (χ1) is 9.15.